The van der Waals surface area contributed by atoms with E-state index in [2.05, 4.69) is 6.92 Å². The molecular weight excluding hydrogens is 140 g/mol. The van der Waals surface area contributed by atoms with Crippen molar-refractivity contribution in [3.63, 3.8) is 0 Å². The van der Waals surface area contributed by atoms with Crippen molar-refractivity contribution in [2.24, 2.45) is 0 Å². The van der Waals surface area contributed by atoms with Gasteiger partial charge in [-0.2, -0.15) is 0 Å². The Morgan fingerprint density at radius 3 is 1.64 bits per heavy atom. The maximum Gasteiger partial charge on any atom is 0.0589 e. The Kier molecular flexibility index (Phi) is 9.85. The quantitative estimate of drug-likeness (QED) is 0.689. The van der Waals surface area contributed by atoms with E-state index in [4.69, 9.17) is 9.84 Å². The normalized spacial score (nSPS) is 10.4. The second kappa shape index (κ2) is 8.02. The first-order valence-corrected chi connectivity index (χ1v) is 4.19. The van der Waals surface area contributed by atoms with Crippen molar-refractivity contribution in [1.82, 2.24) is 0 Å². The molecule has 0 saturated carbocycles. The smallest absolute Gasteiger partial charge is 0.0589 e. The number of ether oxygens (including phenoxy) is 1. The highest BCUT2D eigenvalue weighted by Gasteiger charge is 2.05. The predicted octanol–water partition coefficient (Wildman–Crippen LogP) is 2.21. The molecule has 0 bridgehead atoms. The third-order valence-corrected chi connectivity index (χ3v) is 1.27. The van der Waals surface area contributed by atoms with Crippen LogP contribution in [0, 0.1) is 0 Å². The molecule has 11 heavy (non-hydrogen) atoms. The summed E-state index contributed by atoms with van der Waals surface area (Å²) in [6, 6.07) is 0. The molecule has 0 radical (unpaired) electrons. The lowest BCUT2D eigenvalue weighted by Gasteiger charge is -2.11. The summed E-state index contributed by atoms with van der Waals surface area (Å²) in [5.74, 6) is 0. The molecule has 0 fully saturated rings. The summed E-state index contributed by atoms with van der Waals surface area (Å²) in [4.78, 5) is 0. The molecule has 0 aromatic carbocycles. The van der Waals surface area contributed by atoms with Gasteiger partial charge in [-0.15, -0.1) is 0 Å². The molecule has 0 aliphatic heterocycles. The van der Waals surface area contributed by atoms with Gasteiger partial charge in [0.15, 0.2) is 0 Å². The molecule has 70 valence electrons. The Morgan fingerprint density at radius 1 is 1.27 bits per heavy atom. The van der Waals surface area contributed by atoms with Crippen LogP contribution in [-0.4, -0.2) is 24.4 Å². The summed E-state index contributed by atoms with van der Waals surface area (Å²) < 4.78 is 4.69. The summed E-state index contributed by atoms with van der Waals surface area (Å²) in [7, 11) is 1.71. The molecule has 0 aromatic heterocycles. The van der Waals surface area contributed by atoms with Crippen LogP contribution in [0.3, 0.4) is 0 Å². The van der Waals surface area contributed by atoms with E-state index in [1.165, 1.54) is 0 Å². The van der Waals surface area contributed by atoms with E-state index in [0.29, 0.717) is 0 Å². The topological polar surface area (TPSA) is 29.5 Å². The summed E-state index contributed by atoms with van der Waals surface area (Å²) in [6.07, 6.45) is 1.95. The molecule has 2 nitrogen and oxygen atoms in total. The zero-order valence-corrected chi connectivity index (χ0v) is 8.48. The van der Waals surface area contributed by atoms with Crippen LogP contribution in [-0.2, 0) is 4.74 Å². The molecule has 0 aliphatic rings. The lowest BCUT2D eigenvalue weighted by Crippen LogP contribution is -2.15. The fourth-order valence-electron chi connectivity index (χ4n) is 0.204. The van der Waals surface area contributed by atoms with Crippen LogP contribution >= 0.6 is 0 Å². The Morgan fingerprint density at radius 2 is 1.64 bits per heavy atom. The molecule has 0 atom stereocenters. The van der Waals surface area contributed by atoms with E-state index in [9.17, 15) is 0 Å². The summed E-state index contributed by atoms with van der Waals surface area (Å²) >= 11 is 0. The molecule has 0 rings (SSSR count). The summed E-state index contributed by atoms with van der Waals surface area (Å²) in [5.41, 5.74) is -0.458. The van der Waals surface area contributed by atoms with Gasteiger partial charge in [0.05, 0.1) is 5.60 Å². The zero-order valence-electron chi connectivity index (χ0n) is 8.48. The fraction of sp³-hybridized carbons (Fsp3) is 1.00. The monoisotopic (exact) mass is 162 g/mol. The number of aliphatic hydroxyl groups is 1. The van der Waals surface area contributed by atoms with Crippen molar-refractivity contribution in [3.05, 3.63) is 0 Å². The molecule has 0 amide bonds. The van der Waals surface area contributed by atoms with Gasteiger partial charge in [0, 0.05) is 13.7 Å². The standard InChI is InChI=1S/C5H12O.C4H10O/c1-4-5(2,3)6;1-3-4-5-2/h6H,4H2,1-3H3;3-4H2,1-2H3. The Hall–Kier alpha value is -0.0800. The predicted molar refractivity (Wildman–Crippen MR) is 48.8 cm³/mol. The Bertz CT molecular complexity index is 62.5. The molecule has 0 aromatic rings. The van der Waals surface area contributed by atoms with Gasteiger partial charge in [0.2, 0.25) is 0 Å². The number of hydrogen-bond donors (Lipinski definition) is 1. The van der Waals surface area contributed by atoms with E-state index in [1.54, 1.807) is 21.0 Å². The maximum absolute atomic E-state index is 8.83. The van der Waals surface area contributed by atoms with Crippen molar-refractivity contribution in [2.75, 3.05) is 13.7 Å². The lowest BCUT2D eigenvalue weighted by molar-refractivity contribution is 0.0765. The highest BCUT2D eigenvalue weighted by atomic mass is 16.5. The number of hydrogen-bond acceptors (Lipinski definition) is 2. The summed E-state index contributed by atoms with van der Waals surface area (Å²) in [6.45, 7) is 8.53. The van der Waals surface area contributed by atoms with Crippen LogP contribution in [0.5, 0.6) is 0 Å². The minimum atomic E-state index is -0.458. The molecule has 0 spiro atoms. The minimum absolute atomic E-state index is 0.458. The van der Waals surface area contributed by atoms with Crippen LogP contribution in [0.1, 0.15) is 40.5 Å². The first kappa shape index (κ1) is 13.5. The number of rotatable bonds is 3. The van der Waals surface area contributed by atoms with E-state index < -0.39 is 5.60 Å². The SMILES string of the molecule is CCC(C)(C)O.CCCOC. The molecule has 0 heterocycles. The molecule has 1 N–H and O–H groups in total. The summed E-state index contributed by atoms with van der Waals surface area (Å²) in [5, 5.41) is 8.83. The van der Waals surface area contributed by atoms with Crippen molar-refractivity contribution < 1.29 is 9.84 Å². The van der Waals surface area contributed by atoms with E-state index in [0.717, 1.165) is 19.4 Å². The van der Waals surface area contributed by atoms with Gasteiger partial charge >= 0.3 is 0 Å². The molecule has 2 heteroatoms. The highest BCUT2D eigenvalue weighted by Crippen LogP contribution is 2.03. The van der Waals surface area contributed by atoms with Crippen LogP contribution in [0.4, 0.5) is 0 Å². The van der Waals surface area contributed by atoms with Gasteiger partial charge < -0.3 is 9.84 Å². The van der Waals surface area contributed by atoms with Crippen molar-refractivity contribution >= 4 is 0 Å². The average Bonchev–Trinajstić information content (AvgIpc) is 1.90. The zero-order chi connectivity index (χ0) is 9.33. The number of methoxy groups -OCH3 is 1. The molecule has 0 saturated heterocycles. The van der Waals surface area contributed by atoms with Crippen LogP contribution in [0.15, 0.2) is 0 Å². The maximum atomic E-state index is 8.83. The molecule has 0 unspecified atom stereocenters. The second-order valence-electron chi connectivity index (χ2n) is 3.16. The van der Waals surface area contributed by atoms with Gasteiger partial charge in [-0.05, 0) is 26.7 Å². The van der Waals surface area contributed by atoms with Gasteiger partial charge in [0.25, 0.3) is 0 Å². The van der Waals surface area contributed by atoms with Crippen LogP contribution in [0.25, 0.3) is 0 Å². The highest BCUT2D eigenvalue weighted by molar-refractivity contribution is 4.59. The Labute approximate surface area is 70.6 Å². The molecule has 0 aliphatic carbocycles. The lowest BCUT2D eigenvalue weighted by atomic mass is 10.1. The second-order valence-corrected chi connectivity index (χ2v) is 3.16. The van der Waals surface area contributed by atoms with Gasteiger partial charge in [-0.1, -0.05) is 13.8 Å². The third-order valence-electron chi connectivity index (χ3n) is 1.27. The van der Waals surface area contributed by atoms with Gasteiger partial charge in [0.1, 0.15) is 0 Å². The van der Waals surface area contributed by atoms with Crippen LogP contribution < -0.4 is 0 Å². The average molecular weight is 162 g/mol. The van der Waals surface area contributed by atoms with Crippen molar-refractivity contribution in [1.29, 1.82) is 0 Å². The Balaban J connectivity index is 0. The first-order chi connectivity index (χ1) is 4.97. The van der Waals surface area contributed by atoms with Crippen molar-refractivity contribution in [3.8, 4) is 0 Å². The third kappa shape index (κ3) is 25.7. The van der Waals surface area contributed by atoms with E-state index in [-0.39, 0.29) is 0 Å². The van der Waals surface area contributed by atoms with Crippen LogP contribution in [0.2, 0.25) is 0 Å². The van der Waals surface area contributed by atoms with E-state index in [1.807, 2.05) is 6.92 Å². The molecular formula is C9H22O2. The van der Waals surface area contributed by atoms with Crippen molar-refractivity contribution in [2.45, 2.75) is 46.1 Å². The fourth-order valence-corrected chi connectivity index (χ4v) is 0.204. The van der Waals surface area contributed by atoms with Gasteiger partial charge in [-0.25, -0.2) is 0 Å². The van der Waals surface area contributed by atoms with E-state index >= 15 is 0 Å². The first-order valence-electron chi connectivity index (χ1n) is 4.19. The minimum Gasteiger partial charge on any atom is -0.390 e. The largest absolute Gasteiger partial charge is 0.390 e. The van der Waals surface area contributed by atoms with Gasteiger partial charge in [-0.3, -0.25) is 0 Å².